The third-order valence-corrected chi connectivity index (χ3v) is 15.1. The van der Waals surface area contributed by atoms with Crippen molar-refractivity contribution in [2.45, 2.75) is 25.7 Å². The average molecular weight is 900 g/mol. The molecule has 0 fully saturated rings. The lowest BCUT2D eigenvalue weighted by molar-refractivity contribution is 0.889. The molecule has 4 heterocycles. The normalized spacial score (nSPS) is 14.8. The summed E-state index contributed by atoms with van der Waals surface area (Å²) in [4.78, 5) is 16.5. The van der Waals surface area contributed by atoms with Crippen LogP contribution < -0.4 is 0 Å². The van der Waals surface area contributed by atoms with E-state index in [0.29, 0.717) is 23.9 Å². The molecule has 4 aromatic heterocycles. The summed E-state index contributed by atoms with van der Waals surface area (Å²) in [6.07, 6.45) is 14.4. The molecule has 0 N–H and O–H groups in total. The number of fused-ring (bicyclic) bond motifs is 10. The van der Waals surface area contributed by atoms with Gasteiger partial charge in [0.2, 0.25) is 0 Å². The maximum absolute atomic E-state index is 5.56. The zero-order chi connectivity index (χ0) is 45.4. The first-order valence-corrected chi connectivity index (χ1v) is 24.5. The minimum atomic E-state index is 0.628. The molecular formula is C63H41N5S. The number of aromatic nitrogens is 5. The number of para-hydroxylation sites is 3. The SMILES string of the molecule is C1#CC/C(n2c3ccccc3c3cccc(-n4c5c(c6cccc(-c7nc(-c8ccc9sc%10ccccc%10c9c8)nc(-c8ccc(-c9ccccc9)c9ccccc89)n7)c64)C=CCC5)c32)=C\C=C/C1. The summed E-state index contributed by atoms with van der Waals surface area (Å²) in [5.74, 6) is 8.72. The third-order valence-electron chi connectivity index (χ3n) is 14.0. The lowest BCUT2D eigenvalue weighted by atomic mass is 9.94. The van der Waals surface area contributed by atoms with Crippen LogP contribution in [0.15, 0.2) is 194 Å². The van der Waals surface area contributed by atoms with E-state index in [9.17, 15) is 0 Å². The van der Waals surface area contributed by atoms with Crippen molar-refractivity contribution in [3.05, 3.63) is 205 Å². The van der Waals surface area contributed by atoms with Crippen LogP contribution >= 0.6 is 11.3 Å². The standard InChI is InChI=1S/C63H41N5S/c1-2-7-21-42(22-8-3-1)67-54-31-14-11-26-47(54)50-29-18-33-56(60(50)67)68-55-32-15-12-25-46(55)49-28-17-30-52(59(49)68)63-65-61(41-35-38-58-53(39-41)48-27-13-16-34-57(48)69-58)64-62(66-63)51-37-36-43(40-19-5-4-6-20-40)44-23-9-10-24-45(44)51/h2,4-7,9-14,16-21,23-31,33-39H,1,15,22,32H2/b7-2-,42-21+. The van der Waals surface area contributed by atoms with Crippen molar-refractivity contribution < 1.29 is 0 Å². The molecule has 5 nitrogen and oxygen atoms in total. The minimum Gasteiger partial charge on any atom is -0.310 e. The van der Waals surface area contributed by atoms with E-state index in [1.54, 1.807) is 0 Å². The molecule has 0 aliphatic heterocycles. The topological polar surface area (TPSA) is 48.5 Å². The smallest absolute Gasteiger partial charge is 0.166 e. The van der Waals surface area contributed by atoms with E-state index in [0.717, 1.165) is 69.1 Å². The molecule has 0 atom stereocenters. The van der Waals surface area contributed by atoms with Gasteiger partial charge in [-0.05, 0) is 89.3 Å². The second-order valence-electron chi connectivity index (χ2n) is 17.9. The van der Waals surface area contributed by atoms with Crippen molar-refractivity contribution in [3.63, 3.8) is 0 Å². The lowest BCUT2D eigenvalue weighted by Crippen LogP contribution is -2.07. The number of nitrogens with zero attached hydrogens (tertiary/aromatic N) is 5. The Balaban J connectivity index is 1.06. The third kappa shape index (κ3) is 6.35. The molecule has 2 aliphatic carbocycles. The van der Waals surface area contributed by atoms with Gasteiger partial charge in [0.05, 0.1) is 22.2 Å². The van der Waals surface area contributed by atoms with Gasteiger partial charge in [0.15, 0.2) is 17.5 Å². The quantitative estimate of drug-likeness (QED) is 0.156. The van der Waals surface area contributed by atoms with E-state index in [1.165, 1.54) is 64.2 Å². The van der Waals surface area contributed by atoms with Gasteiger partial charge >= 0.3 is 0 Å². The molecule has 0 radical (unpaired) electrons. The van der Waals surface area contributed by atoms with Crippen LogP contribution in [-0.2, 0) is 6.42 Å². The molecule has 6 heteroatoms. The fraction of sp³-hybridized carbons (Fsp3) is 0.0635. The predicted molar refractivity (Wildman–Crippen MR) is 290 cm³/mol. The van der Waals surface area contributed by atoms with E-state index in [1.807, 2.05) is 11.3 Å². The molecule has 0 unspecified atom stereocenters. The highest BCUT2D eigenvalue weighted by Crippen LogP contribution is 2.44. The van der Waals surface area contributed by atoms with Gasteiger partial charge in [-0.1, -0.05) is 157 Å². The summed E-state index contributed by atoms with van der Waals surface area (Å²) in [5, 5.41) is 8.27. The fourth-order valence-corrected chi connectivity index (χ4v) is 12.0. The van der Waals surface area contributed by atoms with Gasteiger partial charge in [0.1, 0.15) is 0 Å². The maximum Gasteiger partial charge on any atom is 0.166 e. The molecule has 2 aliphatic rings. The van der Waals surface area contributed by atoms with E-state index >= 15 is 0 Å². The van der Waals surface area contributed by atoms with Gasteiger partial charge < -0.3 is 9.13 Å². The lowest BCUT2D eigenvalue weighted by Gasteiger charge is -2.19. The molecular weight excluding hydrogens is 859 g/mol. The molecule has 14 rings (SSSR count). The summed E-state index contributed by atoms with van der Waals surface area (Å²) >= 11 is 1.82. The summed E-state index contributed by atoms with van der Waals surface area (Å²) in [6, 6.07) is 61.2. The Bertz CT molecular complexity index is 4260. The zero-order valence-electron chi connectivity index (χ0n) is 37.5. The number of hydrogen-bond acceptors (Lipinski definition) is 4. The van der Waals surface area contributed by atoms with E-state index in [-0.39, 0.29) is 0 Å². The number of benzene rings is 8. The number of allylic oxidation sites excluding steroid dienone is 5. The van der Waals surface area contributed by atoms with Crippen molar-refractivity contribution in [1.29, 1.82) is 0 Å². The highest BCUT2D eigenvalue weighted by atomic mass is 32.1. The van der Waals surface area contributed by atoms with Crippen LogP contribution in [-0.4, -0.2) is 24.1 Å². The van der Waals surface area contributed by atoms with Crippen molar-refractivity contribution in [2.24, 2.45) is 0 Å². The molecule has 324 valence electrons. The van der Waals surface area contributed by atoms with Crippen LogP contribution in [0.1, 0.15) is 30.5 Å². The molecule has 12 aromatic rings. The molecule has 0 saturated carbocycles. The van der Waals surface area contributed by atoms with Gasteiger partial charge in [-0.3, -0.25) is 0 Å². The fourth-order valence-electron chi connectivity index (χ4n) is 10.9. The number of thiophene rings is 1. The molecule has 0 bridgehead atoms. The Kier molecular flexibility index (Phi) is 9.18. The van der Waals surface area contributed by atoms with Crippen LogP contribution in [0, 0.1) is 11.8 Å². The van der Waals surface area contributed by atoms with Crippen LogP contribution in [0.5, 0.6) is 0 Å². The maximum atomic E-state index is 5.56. The molecule has 0 spiro atoms. The van der Waals surface area contributed by atoms with Crippen LogP contribution in [0.4, 0.5) is 0 Å². The average Bonchev–Trinajstić information content (AvgIpc) is 4.06. The molecule has 8 aromatic carbocycles. The first kappa shape index (κ1) is 39.5. The second-order valence-corrected chi connectivity index (χ2v) is 19.0. The zero-order valence-corrected chi connectivity index (χ0v) is 38.3. The minimum absolute atomic E-state index is 0.628. The number of hydrogen-bond donors (Lipinski definition) is 0. The second kappa shape index (κ2) is 16.0. The van der Waals surface area contributed by atoms with Crippen molar-refractivity contribution in [2.75, 3.05) is 0 Å². The first-order valence-electron chi connectivity index (χ1n) is 23.7. The largest absolute Gasteiger partial charge is 0.310 e. The summed E-state index contributed by atoms with van der Waals surface area (Å²) in [7, 11) is 0. The van der Waals surface area contributed by atoms with E-state index in [2.05, 4.69) is 221 Å². The Labute approximate surface area is 402 Å². The summed E-state index contributed by atoms with van der Waals surface area (Å²) < 4.78 is 7.49. The van der Waals surface area contributed by atoms with E-state index < -0.39 is 0 Å². The Morgan fingerprint density at radius 2 is 1.19 bits per heavy atom. The number of rotatable bonds is 6. The van der Waals surface area contributed by atoms with Gasteiger partial charge in [-0.2, -0.15) is 0 Å². The van der Waals surface area contributed by atoms with Crippen LogP contribution in [0.25, 0.3) is 126 Å². The highest BCUT2D eigenvalue weighted by Gasteiger charge is 2.27. The van der Waals surface area contributed by atoms with Crippen LogP contribution in [0.3, 0.4) is 0 Å². The Hall–Kier alpha value is -8.63. The van der Waals surface area contributed by atoms with E-state index in [4.69, 9.17) is 15.0 Å². The molecule has 0 saturated heterocycles. The van der Waals surface area contributed by atoms with Crippen LogP contribution in [0.2, 0.25) is 0 Å². The van der Waals surface area contributed by atoms with Gasteiger partial charge in [0, 0.05) is 82.8 Å². The first-order chi connectivity index (χ1) is 34.2. The summed E-state index contributed by atoms with van der Waals surface area (Å²) in [5.41, 5.74) is 13.4. The van der Waals surface area contributed by atoms with Crippen molar-refractivity contribution >= 4 is 86.8 Å². The highest BCUT2D eigenvalue weighted by molar-refractivity contribution is 7.25. The Morgan fingerprint density at radius 3 is 2.09 bits per heavy atom. The predicted octanol–water partition coefficient (Wildman–Crippen LogP) is 16.3. The monoisotopic (exact) mass is 899 g/mol. The van der Waals surface area contributed by atoms with Gasteiger partial charge in [-0.15, -0.1) is 11.3 Å². The molecule has 69 heavy (non-hydrogen) atoms. The Morgan fingerprint density at radius 1 is 0.478 bits per heavy atom. The summed E-state index contributed by atoms with van der Waals surface area (Å²) in [6.45, 7) is 0. The van der Waals surface area contributed by atoms with Crippen molar-refractivity contribution in [3.8, 4) is 62.8 Å². The van der Waals surface area contributed by atoms with Crippen molar-refractivity contribution in [1.82, 2.24) is 24.1 Å². The molecule has 0 amide bonds. The van der Waals surface area contributed by atoms with Gasteiger partial charge in [0.25, 0.3) is 0 Å². The van der Waals surface area contributed by atoms with Gasteiger partial charge in [-0.25, -0.2) is 15.0 Å².